The van der Waals surface area contributed by atoms with Crippen molar-refractivity contribution in [2.24, 2.45) is 11.8 Å². The first kappa shape index (κ1) is 13.7. The Morgan fingerprint density at radius 3 is 2.29 bits per heavy atom. The highest BCUT2D eigenvalue weighted by atomic mass is 32.2. The van der Waals surface area contributed by atoms with E-state index >= 15 is 0 Å². The van der Waals surface area contributed by atoms with Crippen molar-refractivity contribution in [2.75, 3.05) is 12.8 Å². The van der Waals surface area contributed by atoms with Crippen LogP contribution in [0.15, 0.2) is 0 Å². The van der Waals surface area contributed by atoms with Crippen LogP contribution in [-0.2, 0) is 0 Å². The summed E-state index contributed by atoms with van der Waals surface area (Å²) >= 11 is 2.25. The Bertz CT molecular complexity index is 205. The summed E-state index contributed by atoms with van der Waals surface area (Å²) in [5, 5.41) is 4.57. The quantitative estimate of drug-likeness (QED) is 0.794. The molecule has 2 fully saturated rings. The second-order valence-corrected chi connectivity index (χ2v) is 7.49. The lowest BCUT2D eigenvalue weighted by Gasteiger charge is -2.33. The van der Waals surface area contributed by atoms with Crippen LogP contribution in [-0.4, -0.2) is 24.1 Å². The molecule has 2 saturated carbocycles. The van der Waals surface area contributed by atoms with Crippen molar-refractivity contribution >= 4 is 11.8 Å². The molecule has 2 aliphatic carbocycles. The number of hydrogen-bond donors (Lipinski definition) is 1. The molecule has 17 heavy (non-hydrogen) atoms. The predicted molar refractivity (Wildman–Crippen MR) is 78.7 cm³/mol. The van der Waals surface area contributed by atoms with Gasteiger partial charge in [0.1, 0.15) is 0 Å². The fourth-order valence-corrected chi connectivity index (χ4v) is 5.02. The lowest BCUT2D eigenvalue weighted by molar-refractivity contribution is 0.248. The summed E-state index contributed by atoms with van der Waals surface area (Å²) in [7, 11) is 2.16. The van der Waals surface area contributed by atoms with Crippen molar-refractivity contribution in [1.82, 2.24) is 5.32 Å². The maximum Gasteiger partial charge on any atom is 0.0183 e. The molecule has 1 atom stereocenters. The topological polar surface area (TPSA) is 12.0 Å². The number of thioether (sulfide) groups is 1. The van der Waals surface area contributed by atoms with Gasteiger partial charge in [-0.3, -0.25) is 0 Å². The van der Waals surface area contributed by atoms with Crippen LogP contribution in [0, 0.1) is 11.8 Å². The Morgan fingerprint density at radius 1 is 1.06 bits per heavy atom. The SMILES string of the molecule is CNC(CSC1CCCC1)C1CCC(C)CC1. The zero-order valence-electron chi connectivity index (χ0n) is 11.6. The zero-order valence-corrected chi connectivity index (χ0v) is 12.4. The highest BCUT2D eigenvalue weighted by Gasteiger charge is 2.26. The van der Waals surface area contributed by atoms with Crippen LogP contribution in [0.2, 0.25) is 0 Å². The van der Waals surface area contributed by atoms with Crippen LogP contribution in [0.5, 0.6) is 0 Å². The summed E-state index contributed by atoms with van der Waals surface area (Å²) in [6, 6.07) is 0.771. The van der Waals surface area contributed by atoms with Crippen LogP contribution in [0.25, 0.3) is 0 Å². The molecule has 0 bridgehead atoms. The number of rotatable bonds is 5. The Labute approximate surface area is 112 Å². The molecule has 0 saturated heterocycles. The van der Waals surface area contributed by atoms with Crippen molar-refractivity contribution in [2.45, 2.75) is 69.6 Å². The fourth-order valence-electron chi connectivity index (χ4n) is 3.44. The Hall–Kier alpha value is 0.310. The van der Waals surface area contributed by atoms with Crippen molar-refractivity contribution in [3.63, 3.8) is 0 Å². The van der Waals surface area contributed by atoms with E-state index in [4.69, 9.17) is 0 Å². The molecule has 0 spiro atoms. The summed E-state index contributed by atoms with van der Waals surface area (Å²) in [5.74, 6) is 3.27. The predicted octanol–water partition coefficient (Wildman–Crippen LogP) is 4.08. The molecule has 2 heteroatoms. The number of hydrogen-bond acceptors (Lipinski definition) is 2. The van der Waals surface area contributed by atoms with Gasteiger partial charge in [0.2, 0.25) is 0 Å². The second-order valence-electron chi connectivity index (χ2n) is 6.15. The monoisotopic (exact) mass is 255 g/mol. The van der Waals surface area contributed by atoms with Crippen LogP contribution in [0.1, 0.15) is 58.3 Å². The standard InChI is InChI=1S/C15H29NS/c1-12-7-9-13(10-8-12)15(16-2)11-17-14-5-3-4-6-14/h12-16H,3-11H2,1-2H3. The normalized spacial score (nSPS) is 32.8. The highest BCUT2D eigenvalue weighted by molar-refractivity contribution is 7.99. The van der Waals surface area contributed by atoms with Crippen LogP contribution in [0.3, 0.4) is 0 Å². The first-order valence-electron chi connectivity index (χ1n) is 7.58. The summed E-state index contributed by atoms with van der Waals surface area (Å²) in [4.78, 5) is 0. The van der Waals surface area contributed by atoms with Gasteiger partial charge in [-0.15, -0.1) is 0 Å². The van der Waals surface area contributed by atoms with Crippen molar-refractivity contribution in [1.29, 1.82) is 0 Å². The van der Waals surface area contributed by atoms with Gasteiger partial charge in [0.25, 0.3) is 0 Å². The molecule has 0 amide bonds. The average molecular weight is 255 g/mol. The maximum atomic E-state index is 3.59. The lowest BCUT2D eigenvalue weighted by atomic mass is 9.80. The van der Waals surface area contributed by atoms with Gasteiger partial charge in [-0.1, -0.05) is 32.6 Å². The van der Waals surface area contributed by atoms with Gasteiger partial charge >= 0.3 is 0 Å². The fraction of sp³-hybridized carbons (Fsp3) is 1.00. The van der Waals surface area contributed by atoms with Gasteiger partial charge in [0, 0.05) is 17.0 Å². The van der Waals surface area contributed by atoms with Gasteiger partial charge in [-0.25, -0.2) is 0 Å². The molecule has 2 aliphatic rings. The first-order chi connectivity index (χ1) is 8.29. The van der Waals surface area contributed by atoms with Crippen molar-refractivity contribution in [3.8, 4) is 0 Å². The molecule has 0 aromatic rings. The lowest BCUT2D eigenvalue weighted by Crippen LogP contribution is -2.38. The van der Waals surface area contributed by atoms with Gasteiger partial charge in [0.15, 0.2) is 0 Å². The highest BCUT2D eigenvalue weighted by Crippen LogP contribution is 2.34. The third kappa shape index (κ3) is 4.17. The largest absolute Gasteiger partial charge is 0.316 e. The minimum atomic E-state index is 0.771. The van der Waals surface area contributed by atoms with Crippen LogP contribution < -0.4 is 5.32 Å². The number of nitrogens with one attached hydrogen (secondary N) is 1. The van der Waals surface area contributed by atoms with E-state index in [-0.39, 0.29) is 0 Å². The molecule has 0 aliphatic heterocycles. The van der Waals surface area contributed by atoms with E-state index < -0.39 is 0 Å². The summed E-state index contributed by atoms with van der Waals surface area (Å²) < 4.78 is 0. The molecule has 1 unspecified atom stereocenters. The van der Waals surface area contributed by atoms with E-state index in [0.717, 1.165) is 23.1 Å². The smallest absolute Gasteiger partial charge is 0.0183 e. The second kappa shape index (κ2) is 7.04. The van der Waals surface area contributed by atoms with Gasteiger partial charge in [0.05, 0.1) is 0 Å². The van der Waals surface area contributed by atoms with E-state index in [1.807, 2.05) is 0 Å². The molecule has 0 aromatic carbocycles. The van der Waals surface area contributed by atoms with Crippen molar-refractivity contribution < 1.29 is 0 Å². The molecule has 0 radical (unpaired) electrons. The molecule has 100 valence electrons. The molecule has 1 nitrogen and oxygen atoms in total. The molecule has 2 rings (SSSR count). The summed E-state index contributed by atoms with van der Waals surface area (Å²) in [6.45, 7) is 2.41. The summed E-state index contributed by atoms with van der Waals surface area (Å²) in [6.07, 6.45) is 11.7. The van der Waals surface area contributed by atoms with Crippen molar-refractivity contribution in [3.05, 3.63) is 0 Å². The zero-order chi connectivity index (χ0) is 12.1. The van der Waals surface area contributed by atoms with E-state index in [9.17, 15) is 0 Å². The Balaban J connectivity index is 1.71. The third-order valence-electron chi connectivity index (χ3n) is 4.81. The van der Waals surface area contributed by atoms with Crippen LogP contribution >= 0.6 is 11.8 Å². The summed E-state index contributed by atoms with van der Waals surface area (Å²) in [5.41, 5.74) is 0. The van der Waals surface area contributed by atoms with Crippen LogP contribution in [0.4, 0.5) is 0 Å². The molecule has 0 aromatic heterocycles. The Morgan fingerprint density at radius 2 is 1.71 bits per heavy atom. The molecule has 1 N–H and O–H groups in total. The van der Waals surface area contributed by atoms with E-state index in [0.29, 0.717) is 0 Å². The van der Waals surface area contributed by atoms with E-state index in [1.54, 1.807) is 0 Å². The molecular weight excluding hydrogens is 226 g/mol. The average Bonchev–Trinajstić information content (AvgIpc) is 2.85. The third-order valence-corrected chi connectivity index (χ3v) is 6.31. The van der Waals surface area contributed by atoms with E-state index in [2.05, 4.69) is 31.1 Å². The first-order valence-corrected chi connectivity index (χ1v) is 8.63. The van der Waals surface area contributed by atoms with Gasteiger partial charge < -0.3 is 5.32 Å². The molecule has 0 heterocycles. The van der Waals surface area contributed by atoms with Gasteiger partial charge in [-0.2, -0.15) is 11.8 Å². The minimum Gasteiger partial charge on any atom is -0.316 e. The van der Waals surface area contributed by atoms with Gasteiger partial charge in [-0.05, 0) is 44.6 Å². The minimum absolute atomic E-state index is 0.771. The Kier molecular flexibility index (Phi) is 5.68. The van der Waals surface area contributed by atoms with E-state index in [1.165, 1.54) is 57.1 Å². The maximum absolute atomic E-state index is 3.59. The molecular formula is C15H29NS.